The molecule has 3 aliphatic carbocycles. The van der Waals surface area contributed by atoms with E-state index in [0.717, 1.165) is 128 Å². The highest BCUT2D eigenvalue weighted by Crippen LogP contribution is 2.62. The van der Waals surface area contributed by atoms with E-state index in [-0.39, 0.29) is 10.8 Å². The molecule has 30 rings (SSSR count). The molecule has 0 saturated heterocycles. The van der Waals surface area contributed by atoms with Crippen LogP contribution >= 0.6 is 11.3 Å². The van der Waals surface area contributed by atoms with Crippen LogP contribution in [0.3, 0.4) is 0 Å². The second-order valence-corrected chi connectivity index (χ2v) is 41.0. The third kappa shape index (κ3) is 14.3. The fraction of sp³-hybridized carbons (Fsp3) is 0.0507. The molecule has 6 heterocycles. The second-order valence-electron chi connectivity index (χ2n) is 39.9. The zero-order chi connectivity index (χ0) is 98.5. The summed E-state index contributed by atoms with van der Waals surface area (Å²) in [5.74, 6) is 3.25. The average molecular weight is 1910 g/mol. The summed E-state index contributed by atoms with van der Waals surface area (Å²) in [6, 6.07) is 170. The number of para-hydroxylation sites is 2. The van der Waals surface area contributed by atoms with Crippen molar-refractivity contribution in [1.82, 2.24) is 34.9 Å². The molecule has 0 unspecified atom stereocenters. The van der Waals surface area contributed by atoms with Crippen molar-refractivity contribution in [2.24, 2.45) is 0 Å². The number of rotatable bonds is 12. The summed E-state index contributed by atoms with van der Waals surface area (Å²) in [6.45, 7) is 9.34. The normalized spacial score (nSPS) is 13.2. The van der Waals surface area contributed by atoms with Gasteiger partial charge >= 0.3 is 0 Å². The topological polar surface area (TPSA) is 117 Å². The van der Waals surface area contributed by atoms with Gasteiger partial charge in [-0.05, 0) is 188 Å². The lowest BCUT2D eigenvalue weighted by atomic mass is 9.66. The molecule has 0 N–H and O–H groups in total. The number of benzene rings is 21. The lowest BCUT2D eigenvalue weighted by Gasteiger charge is -2.34. The van der Waals surface area contributed by atoms with Gasteiger partial charge in [-0.25, -0.2) is 34.9 Å². The van der Waals surface area contributed by atoms with E-state index < -0.39 is 5.41 Å². The molecule has 0 fully saturated rings. The van der Waals surface area contributed by atoms with Gasteiger partial charge in [0.25, 0.3) is 0 Å². The van der Waals surface area contributed by atoms with Crippen molar-refractivity contribution in [3.63, 3.8) is 0 Å². The van der Waals surface area contributed by atoms with E-state index in [4.69, 9.17) is 43.7 Å². The molecule has 148 heavy (non-hydrogen) atoms. The monoisotopic (exact) mass is 1910 g/mol. The summed E-state index contributed by atoms with van der Waals surface area (Å²) in [6.07, 6.45) is 0. The van der Waals surface area contributed by atoms with Crippen LogP contribution in [-0.4, -0.2) is 34.9 Å². The molecule has 27 aromatic rings. The maximum Gasteiger partial charge on any atom is 0.164 e. The number of fused-ring (bicyclic) bond motifs is 24. The first kappa shape index (κ1) is 87.2. The number of nitrogens with zero attached hydrogens (tertiary/aromatic N) is 7. The van der Waals surface area contributed by atoms with E-state index in [1.807, 2.05) is 65.9 Å². The standard InChI is InChI=1S/C51H34N2.C46H29N3O2.C41H28N2S/c1-5-17-35(18-6-1)38-22-15-23-39(33-38)47-34-46(37-20-7-2-8-21-37)52-50(53-47)44-29-16-30-45-48(44)43-32-31-36-19-13-14-28-42(36)49(43)51(45,40-24-9-3-10-25-40)41-26-11-4-12-27-41;1-46(2)36-15-9-14-35(41(36)34-23-18-26-10-3-4-11-29(26)42(34)46)45-48-43(27-19-21-32-30-12-5-7-16-37(30)50-39(32)24-27)47-44(49-45)28-20-22-33-31-13-6-8-17-38(31)51-40(33)25-28;1-41(2)33-17-10-16-32(38(33)31-22-19-25-11-6-7-14-28(25)39(31)41)40-42-34(26-12-4-3-5-13-26)24-35(43-40)27-20-21-30-29-15-8-9-18-36(29)44-37(30)23-27/h1-34H;3-25H,1-2H3;3-24H,1-2H3. The molecule has 0 aliphatic heterocycles. The minimum Gasteiger partial charge on any atom is -0.456 e. The van der Waals surface area contributed by atoms with Gasteiger partial charge in [-0.2, -0.15) is 0 Å². The summed E-state index contributed by atoms with van der Waals surface area (Å²) < 4.78 is 15.2. The molecule has 0 amide bonds. The molecule has 21 aromatic carbocycles. The Morgan fingerprint density at radius 2 is 0.520 bits per heavy atom. The van der Waals surface area contributed by atoms with Crippen molar-refractivity contribution in [1.29, 1.82) is 0 Å². The Kier molecular flexibility index (Phi) is 20.6. The van der Waals surface area contributed by atoms with Gasteiger partial charge in [0.15, 0.2) is 29.1 Å². The molecule has 0 bridgehead atoms. The molecule has 0 radical (unpaired) electrons. The van der Waals surface area contributed by atoms with E-state index in [2.05, 4.69) is 452 Å². The van der Waals surface area contributed by atoms with Crippen LogP contribution in [0.15, 0.2) is 488 Å². The molecule has 10 heteroatoms. The lowest BCUT2D eigenvalue weighted by molar-refractivity contribution is 0.666. The van der Waals surface area contributed by atoms with Crippen LogP contribution in [0.4, 0.5) is 0 Å². The highest BCUT2D eigenvalue weighted by molar-refractivity contribution is 7.25. The number of thiophene rings is 1. The van der Waals surface area contributed by atoms with Gasteiger partial charge in [-0.15, -0.1) is 11.3 Å². The van der Waals surface area contributed by atoms with Crippen molar-refractivity contribution in [3.05, 3.63) is 524 Å². The van der Waals surface area contributed by atoms with Gasteiger partial charge in [0.1, 0.15) is 22.3 Å². The van der Waals surface area contributed by atoms with Crippen LogP contribution < -0.4 is 0 Å². The molecule has 0 spiro atoms. The smallest absolute Gasteiger partial charge is 0.164 e. The van der Waals surface area contributed by atoms with Gasteiger partial charge in [0.2, 0.25) is 0 Å². The van der Waals surface area contributed by atoms with E-state index in [9.17, 15) is 0 Å². The zero-order valence-corrected chi connectivity index (χ0v) is 82.3. The average Bonchev–Trinajstić information content (AvgIpc) is 1.51. The minimum absolute atomic E-state index is 0.145. The molecular formula is C138H91N7O2S. The summed E-state index contributed by atoms with van der Waals surface area (Å²) in [4.78, 5) is 37.0. The van der Waals surface area contributed by atoms with Crippen molar-refractivity contribution < 1.29 is 8.83 Å². The molecule has 0 saturated carbocycles. The molecule has 696 valence electrons. The zero-order valence-electron chi connectivity index (χ0n) is 81.5. The summed E-state index contributed by atoms with van der Waals surface area (Å²) in [7, 11) is 0. The van der Waals surface area contributed by atoms with E-state index in [0.29, 0.717) is 23.3 Å². The second kappa shape index (κ2) is 34.9. The highest BCUT2D eigenvalue weighted by atomic mass is 32.1. The highest BCUT2D eigenvalue weighted by Gasteiger charge is 2.49. The summed E-state index contributed by atoms with van der Waals surface area (Å²) in [5, 5.41) is 14.5. The molecule has 0 atom stereocenters. The number of aromatic nitrogens is 7. The SMILES string of the molecule is CC1(C)c2cccc(-c3nc(-c4ccc5c(c4)oc4ccccc45)nc(-c4ccc5c(c4)oc4ccccc45)n3)c2-c2ccc3ccccc3c21.CC1(C)c2cccc(-c3nc(-c4ccccc4)cc(-c4ccc5c(c4)sc4ccccc45)n3)c2-c2ccc3ccccc3c21.c1ccc(-c2cccc(-c3cc(-c4ccccc4)nc(-c4cccc5c4-c4ccc6ccccc6c4C5(c4ccccc4)c4ccccc4)n3)c2)cc1. The van der Waals surface area contributed by atoms with Gasteiger partial charge in [-0.1, -0.05) is 440 Å². The van der Waals surface area contributed by atoms with Crippen LogP contribution in [-0.2, 0) is 16.2 Å². The quantitative estimate of drug-likeness (QED) is 0.118. The van der Waals surface area contributed by atoms with E-state index in [1.54, 1.807) is 0 Å². The fourth-order valence-corrected chi connectivity index (χ4v) is 25.1. The van der Waals surface area contributed by atoms with Crippen LogP contribution in [0.5, 0.6) is 0 Å². The van der Waals surface area contributed by atoms with Crippen LogP contribution in [0, 0.1) is 0 Å². The van der Waals surface area contributed by atoms with E-state index in [1.165, 1.54) is 136 Å². The number of furan rings is 2. The minimum atomic E-state index is -0.562. The maximum atomic E-state index is 6.30. The Hall–Kier alpha value is -18.6. The first-order valence-corrected chi connectivity index (χ1v) is 51.3. The van der Waals surface area contributed by atoms with Crippen molar-refractivity contribution in [3.8, 4) is 146 Å². The summed E-state index contributed by atoms with van der Waals surface area (Å²) in [5.41, 5.74) is 35.0. The van der Waals surface area contributed by atoms with Gasteiger partial charge < -0.3 is 8.83 Å². The van der Waals surface area contributed by atoms with Gasteiger partial charge in [0.05, 0.1) is 28.2 Å². The number of hydrogen-bond donors (Lipinski definition) is 0. The Morgan fingerprint density at radius 3 is 1.01 bits per heavy atom. The third-order valence-corrected chi connectivity index (χ3v) is 31.9. The van der Waals surface area contributed by atoms with Crippen LogP contribution in [0.1, 0.15) is 72.2 Å². The lowest BCUT2D eigenvalue weighted by Crippen LogP contribution is -2.28. The molecule has 6 aromatic heterocycles. The van der Waals surface area contributed by atoms with Gasteiger partial charge in [0, 0.05) is 103 Å². The third-order valence-electron chi connectivity index (χ3n) is 30.7. The van der Waals surface area contributed by atoms with Gasteiger partial charge in [-0.3, -0.25) is 0 Å². The fourth-order valence-electron chi connectivity index (χ4n) is 24.0. The molecule has 3 aliphatic rings. The number of hydrogen-bond acceptors (Lipinski definition) is 10. The first-order chi connectivity index (χ1) is 72.9. The van der Waals surface area contributed by atoms with Crippen molar-refractivity contribution in [2.45, 2.75) is 43.9 Å². The Bertz CT molecular complexity index is 9900. The van der Waals surface area contributed by atoms with Crippen molar-refractivity contribution in [2.75, 3.05) is 0 Å². The Balaban J connectivity index is 0.000000108. The predicted molar refractivity (Wildman–Crippen MR) is 611 cm³/mol. The summed E-state index contributed by atoms with van der Waals surface area (Å²) >= 11 is 1.84. The molecular weight excluding hydrogens is 1820 g/mol. The largest absolute Gasteiger partial charge is 0.456 e. The van der Waals surface area contributed by atoms with Crippen LogP contribution in [0.2, 0.25) is 0 Å². The Morgan fingerprint density at radius 1 is 0.189 bits per heavy atom. The van der Waals surface area contributed by atoms with Crippen LogP contribution in [0.25, 0.3) is 243 Å². The Labute approximate surface area is 859 Å². The maximum absolute atomic E-state index is 6.30. The van der Waals surface area contributed by atoms with Crippen molar-refractivity contribution >= 4 is 108 Å². The predicted octanol–water partition coefficient (Wildman–Crippen LogP) is 36.1. The molecule has 9 nitrogen and oxygen atoms in total. The van der Waals surface area contributed by atoms with E-state index >= 15 is 0 Å². The first-order valence-electron chi connectivity index (χ1n) is 50.5.